The number of carbonyl (C=O) groups is 1. The molecular formula is C23H22N4O2S. The molecule has 0 bridgehead atoms. The van der Waals surface area contributed by atoms with Crippen LogP contribution in [-0.2, 0) is 4.79 Å². The van der Waals surface area contributed by atoms with Gasteiger partial charge in [0.2, 0.25) is 11.7 Å². The van der Waals surface area contributed by atoms with Crippen molar-refractivity contribution in [3.05, 3.63) is 77.6 Å². The molecule has 0 radical (unpaired) electrons. The van der Waals surface area contributed by atoms with E-state index in [9.17, 15) is 4.79 Å². The first kappa shape index (κ1) is 20.0. The first-order valence-corrected chi connectivity index (χ1v) is 10.6. The lowest BCUT2D eigenvalue weighted by molar-refractivity contribution is -0.113. The molecule has 2 aromatic carbocycles. The van der Waals surface area contributed by atoms with Gasteiger partial charge in [-0.1, -0.05) is 41.6 Å². The van der Waals surface area contributed by atoms with Crippen LogP contribution in [0.3, 0.4) is 0 Å². The fourth-order valence-electron chi connectivity index (χ4n) is 3.06. The predicted molar refractivity (Wildman–Crippen MR) is 119 cm³/mol. The molecule has 1 amide bonds. The molecule has 2 aromatic heterocycles. The lowest BCUT2D eigenvalue weighted by atomic mass is 10.1. The van der Waals surface area contributed by atoms with Crippen LogP contribution in [0.2, 0.25) is 0 Å². The zero-order valence-corrected chi connectivity index (χ0v) is 17.9. The van der Waals surface area contributed by atoms with Crippen LogP contribution in [0.25, 0.3) is 17.3 Å². The van der Waals surface area contributed by atoms with E-state index in [1.165, 1.54) is 11.8 Å². The molecule has 7 heteroatoms. The molecule has 0 fully saturated rings. The molecule has 1 N–H and O–H groups in total. The summed E-state index contributed by atoms with van der Waals surface area (Å²) in [6.45, 7) is 6.07. The smallest absolute Gasteiger partial charge is 0.234 e. The Morgan fingerprint density at radius 1 is 1.03 bits per heavy atom. The number of aromatic nitrogens is 3. The topological polar surface area (TPSA) is 73.0 Å². The minimum Gasteiger partial charge on any atom is -0.461 e. The number of carbonyl (C=O) groups excluding carboxylic acids is 1. The van der Waals surface area contributed by atoms with Gasteiger partial charge in [-0.15, -0.1) is 10.2 Å². The summed E-state index contributed by atoms with van der Waals surface area (Å²) in [5.41, 5.74) is 5.11. The van der Waals surface area contributed by atoms with Gasteiger partial charge in [-0.25, -0.2) is 0 Å². The number of thioether (sulfide) groups is 1. The highest BCUT2D eigenvalue weighted by atomic mass is 32.2. The molecule has 4 aromatic rings. The number of nitrogens with zero attached hydrogens (tertiary/aromatic N) is 3. The number of benzene rings is 2. The highest BCUT2D eigenvalue weighted by molar-refractivity contribution is 7.99. The Hall–Kier alpha value is -3.32. The maximum atomic E-state index is 12.6. The second-order valence-corrected chi connectivity index (χ2v) is 7.98. The zero-order valence-electron chi connectivity index (χ0n) is 17.0. The van der Waals surface area contributed by atoms with Gasteiger partial charge in [-0.3, -0.25) is 9.36 Å². The SMILES string of the molecule is Cc1ccc(-n2c(SCC(=O)Nc3cccc(C)c3C)nnc2-c2ccco2)cc1. The van der Waals surface area contributed by atoms with Gasteiger partial charge in [0.15, 0.2) is 10.9 Å². The molecule has 4 rings (SSSR count). The van der Waals surface area contributed by atoms with E-state index in [2.05, 4.69) is 15.5 Å². The van der Waals surface area contributed by atoms with Crippen molar-refractivity contribution in [3.63, 3.8) is 0 Å². The number of rotatable bonds is 6. The summed E-state index contributed by atoms with van der Waals surface area (Å²) in [6, 6.07) is 17.6. The largest absolute Gasteiger partial charge is 0.461 e. The van der Waals surface area contributed by atoms with E-state index >= 15 is 0 Å². The van der Waals surface area contributed by atoms with Crippen LogP contribution >= 0.6 is 11.8 Å². The predicted octanol–water partition coefficient (Wildman–Crippen LogP) is 5.18. The van der Waals surface area contributed by atoms with E-state index < -0.39 is 0 Å². The van der Waals surface area contributed by atoms with E-state index in [4.69, 9.17) is 4.42 Å². The molecule has 0 aliphatic heterocycles. The Kier molecular flexibility index (Phi) is 5.72. The lowest BCUT2D eigenvalue weighted by Gasteiger charge is -2.11. The van der Waals surface area contributed by atoms with E-state index in [1.807, 2.05) is 79.9 Å². The lowest BCUT2D eigenvalue weighted by Crippen LogP contribution is -2.15. The number of anilines is 1. The minimum atomic E-state index is -0.0910. The normalized spacial score (nSPS) is 10.9. The summed E-state index contributed by atoms with van der Waals surface area (Å²) >= 11 is 1.34. The molecule has 30 heavy (non-hydrogen) atoms. The first-order chi connectivity index (χ1) is 14.5. The van der Waals surface area contributed by atoms with E-state index in [0.29, 0.717) is 16.7 Å². The average molecular weight is 419 g/mol. The molecule has 0 saturated carbocycles. The molecule has 0 saturated heterocycles. The molecule has 152 valence electrons. The van der Waals surface area contributed by atoms with Crippen molar-refractivity contribution in [2.75, 3.05) is 11.1 Å². The Labute approximate surface area is 179 Å². The summed E-state index contributed by atoms with van der Waals surface area (Å²) in [7, 11) is 0. The van der Waals surface area contributed by atoms with Crippen LogP contribution in [0.5, 0.6) is 0 Å². The van der Waals surface area contributed by atoms with Gasteiger partial charge >= 0.3 is 0 Å². The van der Waals surface area contributed by atoms with E-state index in [0.717, 1.165) is 28.1 Å². The van der Waals surface area contributed by atoms with Crippen molar-refractivity contribution in [2.24, 2.45) is 0 Å². The fraction of sp³-hybridized carbons (Fsp3) is 0.174. The van der Waals surface area contributed by atoms with Crippen molar-refractivity contribution in [2.45, 2.75) is 25.9 Å². The van der Waals surface area contributed by atoms with Crippen molar-refractivity contribution in [1.82, 2.24) is 14.8 Å². The molecule has 6 nitrogen and oxygen atoms in total. The molecule has 0 unspecified atom stereocenters. The van der Waals surface area contributed by atoms with Crippen LogP contribution in [0.1, 0.15) is 16.7 Å². The summed E-state index contributed by atoms with van der Waals surface area (Å²) < 4.78 is 7.45. The van der Waals surface area contributed by atoms with Gasteiger partial charge in [0.05, 0.1) is 12.0 Å². The molecular weight excluding hydrogens is 396 g/mol. The average Bonchev–Trinajstić information content (AvgIpc) is 3.40. The van der Waals surface area contributed by atoms with Crippen LogP contribution in [0.4, 0.5) is 5.69 Å². The Bertz CT molecular complexity index is 1160. The maximum Gasteiger partial charge on any atom is 0.234 e. The van der Waals surface area contributed by atoms with Gasteiger partial charge in [0.25, 0.3) is 0 Å². The van der Waals surface area contributed by atoms with Gasteiger partial charge in [0.1, 0.15) is 0 Å². The van der Waals surface area contributed by atoms with Gasteiger partial charge in [-0.05, 0) is 62.2 Å². The number of nitrogens with one attached hydrogen (secondary N) is 1. The second-order valence-electron chi connectivity index (χ2n) is 7.04. The van der Waals surface area contributed by atoms with Crippen molar-refractivity contribution in [3.8, 4) is 17.3 Å². The monoisotopic (exact) mass is 418 g/mol. The fourth-order valence-corrected chi connectivity index (χ4v) is 3.81. The third-order valence-corrected chi connectivity index (χ3v) is 5.81. The van der Waals surface area contributed by atoms with Crippen LogP contribution < -0.4 is 5.32 Å². The summed E-state index contributed by atoms with van der Waals surface area (Å²) in [5, 5.41) is 12.2. The number of hydrogen-bond donors (Lipinski definition) is 1. The number of amides is 1. The second kappa shape index (κ2) is 8.59. The van der Waals surface area contributed by atoms with Crippen molar-refractivity contribution < 1.29 is 9.21 Å². The zero-order chi connectivity index (χ0) is 21.1. The molecule has 0 atom stereocenters. The number of furan rings is 1. The maximum absolute atomic E-state index is 12.6. The minimum absolute atomic E-state index is 0.0910. The standard InChI is InChI=1S/C23H22N4O2S/c1-15-9-11-18(12-10-15)27-22(20-8-5-13-29-20)25-26-23(27)30-14-21(28)24-19-7-4-6-16(2)17(19)3/h4-13H,14H2,1-3H3,(H,24,28). The van der Waals surface area contributed by atoms with E-state index in [-0.39, 0.29) is 11.7 Å². The number of hydrogen-bond acceptors (Lipinski definition) is 5. The van der Waals surface area contributed by atoms with Crippen LogP contribution in [0.15, 0.2) is 70.4 Å². The van der Waals surface area contributed by atoms with Crippen LogP contribution in [0, 0.1) is 20.8 Å². The third-order valence-electron chi connectivity index (χ3n) is 4.88. The Morgan fingerprint density at radius 3 is 2.57 bits per heavy atom. The first-order valence-electron chi connectivity index (χ1n) is 9.58. The summed E-state index contributed by atoms with van der Waals surface area (Å²) in [4.78, 5) is 12.6. The van der Waals surface area contributed by atoms with Gasteiger partial charge < -0.3 is 9.73 Å². The molecule has 2 heterocycles. The molecule has 0 spiro atoms. The van der Waals surface area contributed by atoms with Crippen molar-refractivity contribution >= 4 is 23.4 Å². The Balaban J connectivity index is 1.57. The Morgan fingerprint density at radius 2 is 1.83 bits per heavy atom. The van der Waals surface area contributed by atoms with Gasteiger partial charge in [-0.2, -0.15) is 0 Å². The van der Waals surface area contributed by atoms with E-state index in [1.54, 1.807) is 6.26 Å². The number of aryl methyl sites for hydroxylation is 2. The summed E-state index contributed by atoms with van der Waals surface area (Å²) in [5.74, 6) is 1.35. The van der Waals surface area contributed by atoms with Crippen molar-refractivity contribution in [1.29, 1.82) is 0 Å². The quantitative estimate of drug-likeness (QED) is 0.437. The van der Waals surface area contributed by atoms with Crippen LogP contribution in [-0.4, -0.2) is 26.4 Å². The molecule has 0 aliphatic rings. The highest BCUT2D eigenvalue weighted by Crippen LogP contribution is 2.28. The molecule has 0 aliphatic carbocycles. The third kappa shape index (κ3) is 4.16. The van der Waals surface area contributed by atoms with Gasteiger partial charge in [0, 0.05) is 11.4 Å². The highest BCUT2D eigenvalue weighted by Gasteiger charge is 2.19. The summed E-state index contributed by atoms with van der Waals surface area (Å²) in [6.07, 6.45) is 1.61.